The minimum absolute atomic E-state index is 0.302. The Balaban J connectivity index is 3.03. The largest absolute Gasteiger partial charge is 0.238 e. The first-order valence-electron chi connectivity index (χ1n) is 2.96. The van der Waals surface area contributed by atoms with E-state index in [9.17, 15) is 0 Å². The van der Waals surface area contributed by atoms with Crippen molar-refractivity contribution in [1.29, 1.82) is 0 Å². The third kappa shape index (κ3) is 2.20. The molecule has 0 unspecified atom stereocenters. The number of rotatable bonds is 1. The molecule has 0 nitrogen and oxygen atoms in total. The molecule has 0 aliphatic heterocycles. The lowest BCUT2D eigenvalue weighted by molar-refractivity contribution is 1.52. The van der Waals surface area contributed by atoms with Crippen molar-refractivity contribution in [2.75, 3.05) is 0 Å². The van der Waals surface area contributed by atoms with Gasteiger partial charge in [0.05, 0.1) is 0 Å². The maximum atomic E-state index is 2.52. The Morgan fingerprint density at radius 2 is 1.80 bits per heavy atom. The summed E-state index contributed by atoms with van der Waals surface area (Å²) in [5.74, 6) is 0. The van der Waals surface area contributed by atoms with Crippen molar-refractivity contribution in [3.8, 4) is 0 Å². The molecule has 1 radical (unpaired) electrons. The average Bonchev–Trinajstić information content (AvgIpc) is 1.88. The molecule has 0 heterocycles. The van der Waals surface area contributed by atoms with E-state index >= 15 is 0 Å². The molecular formula is C7H7I2Si. The molecule has 0 aromatic heterocycles. The smallest absolute Gasteiger partial charge is 0.0997 e. The maximum Gasteiger partial charge on any atom is 0.238 e. The fraction of sp³-hybridized carbons (Fsp3) is 0.143. The molecule has 0 saturated heterocycles. The molecular weight excluding hydrogens is 366 g/mol. The molecule has 1 aromatic carbocycles. The van der Waals surface area contributed by atoms with Crippen LogP contribution in [0.15, 0.2) is 24.3 Å². The van der Waals surface area contributed by atoms with Crippen LogP contribution in [-0.4, -0.2) is 3.79 Å². The highest BCUT2D eigenvalue weighted by Gasteiger charge is 2.06. The van der Waals surface area contributed by atoms with Crippen molar-refractivity contribution in [1.82, 2.24) is 0 Å². The van der Waals surface area contributed by atoms with E-state index in [0.717, 1.165) is 0 Å². The Labute approximate surface area is 88.4 Å². The Hall–Kier alpha value is 0.897. The minimum Gasteiger partial charge on any atom is -0.0997 e. The molecule has 0 aliphatic rings. The summed E-state index contributed by atoms with van der Waals surface area (Å²) in [5.41, 5.74) is 1.43. The van der Waals surface area contributed by atoms with Crippen LogP contribution in [0.25, 0.3) is 0 Å². The number of benzene rings is 1. The first-order chi connectivity index (χ1) is 4.72. The van der Waals surface area contributed by atoms with Crippen molar-refractivity contribution in [3.63, 3.8) is 0 Å². The molecule has 0 bridgehead atoms. The van der Waals surface area contributed by atoms with Crippen molar-refractivity contribution < 1.29 is 0 Å². The topological polar surface area (TPSA) is 0 Å². The number of halogens is 2. The Morgan fingerprint density at radius 1 is 1.20 bits per heavy atom. The molecule has 53 valence electrons. The Bertz CT molecular complexity index is 223. The zero-order valence-corrected chi connectivity index (χ0v) is 10.9. The molecule has 0 amide bonds. The van der Waals surface area contributed by atoms with E-state index in [4.69, 9.17) is 0 Å². The number of hydrogen-bond donors (Lipinski definition) is 0. The van der Waals surface area contributed by atoms with Gasteiger partial charge in [-0.05, 0) is 12.1 Å². The lowest BCUT2D eigenvalue weighted by atomic mass is 10.2. The van der Waals surface area contributed by atoms with Gasteiger partial charge in [-0.1, -0.05) is 73.4 Å². The van der Waals surface area contributed by atoms with Crippen LogP contribution in [0.1, 0.15) is 5.56 Å². The maximum absolute atomic E-state index is 2.52. The van der Waals surface area contributed by atoms with Crippen LogP contribution in [-0.2, 0) is 0 Å². The molecule has 0 fully saturated rings. The normalized spacial score (nSPS) is 10.4. The van der Waals surface area contributed by atoms with Crippen LogP contribution in [0.5, 0.6) is 0 Å². The predicted octanol–water partition coefficient (Wildman–Crippen LogP) is 2.56. The lowest BCUT2D eigenvalue weighted by Crippen LogP contribution is -2.19. The lowest BCUT2D eigenvalue weighted by Gasteiger charge is -2.02. The molecule has 3 heteroatoms. The first-order valence-corrected chi connectivity index (χ1v) is 10.7. The SMILES string of the molecule is Cc1ccccc1[Si](I)I. The Morgan fingerprint density at radius 3 is 2.20 bits per heavy atom. The summed E-state index contributed by atoms with van der Waals surface area (Å²) in [5, 5.41) is 1.54. The second-order valence-corrected chi connectivity index (χ2v) is 15.8. The van der Waals surface area contributed by atoms with Crippen LogP contribution in [0.3, 0.4) is 0 Å². The van der Waals surface area contributed by atoms with E-state index in [-0.39, 0.29) is 3.79 Å². The van der Waals surface area contributed by atoms with Crippen LogP contribution in [0, 0.1) is 6.92 Å². The fourth-order valence-corrected chi connectivity index (χ4v) is 5.02. The van der Waals surface area contributed by atoms with E-state index in [1.54, 1.807) is 0 Å². The van der Waals surface area contributed by atoms with Gasteiger partial charge < -0.3 is 0 Å². The standard InChI is InChI=1S/C7H7I2Si/c1-6-4-2-3-5-7(6)10(8)9/h2-5H,1H3. The molecule has 1 aromatic rings. The van der Waals surface area contributed by atoms with Gasteiger partial charge in [-0.3, -0.25) is 0 Å². The minimum atomic E-state index is -0.302. The van der Waals surface area contributed by atoms with Gasteiger partial charge in [0.2, 0.25) is 3.79 Å². The zero-order valence-electron chi connectivity index (χ0n) is 5.57. The van der Waals surface area contributed by atoms with Crippen molar-refractivity contribution in [2.45, 2.75) is 6.92 Å². The third-order valence-electron chi connectivity index (χ3n) is 1.35. The zero-order chi connectivity index (χ0) is 7.56. The average molecular weight is 373 g/mol. The van der Waals surface area contributed by atoms with Gasteiger partial charge in [-0.2, -0.15) is 0 Å². The van der Waals surface area contributed by atoms with Gasteiger partial charge >= 0.3 is 0 Å². The molecule has 0 atom stereocenters. The summed E-state index contributed by atoms with van der Waals surface area (Å²) in [6, 6.07) is 8.61. The highest BCUT2D eigenvalue weighted by molar-refractivity contribution is 14.3. The summed E-state index contributed by atoms with van der Waals surface area (Å²) in [7, 11) is 0. The molecule has 0 spiro atoms. The summed E-state index contributed by atoms with van der Waals surface area (Å²) < 4.78 is -0.302. The van der Waals surface area contributed by atoms with Crippen LogP contribution >= 0.6 is 43.6 Å². The van der Waals surface area contributed by atoms with Gasteiger partial charge in [0, 0.05) is 0 Å². The van der Waals surface area contributed by atoms with Crippen LogP contribution in [0.4, 0.5) is 0 Å². The molecule has 0 aliphatic carbocycles. The van der Waals surface area contributed by atoms with Gasteiger partial charge in [0.15, 0.2) is 0 Å². The number of hydrogen-bond acceptors (Lipinski definition) is 0. The molecule has 1 rings (SSSR count). The second-order valence-electron chi connectivity index (χ2n) is 2.08. The van der Waals surface area contributed by atoms with E-state index < -0.39 is 0 Å². The Kier molecular flexibility index (Phi) is 3.65. The van der Waals surface area contributed by atoms with E-state index in [1.807, 2.05) is 0 Å². The summed E-state index contributed by atoms with van der Waals surface area (Å²) in [4.78, 5) is 0. The van der Waals surface area contributed by atoms with Crippen LogP contribution in [0.2, 0.25) is 0 Å². The summed E-state index contributed by atoms with van der Waals surface area (Å²) in [6.45, 7) is 2.18. The van der Waals surface area contributed by atoms with Gasteiger partial charge in [-0.25, -0.2) is 0 Å². The summed E-state index contributed by atoms with van der Waals surface area (Å²) in [6.07, 6.45) is 0. The van der Waals surface area contributed by atoms with E-state index in [0.29, 0.717) is 0 Å². The summed E-state index contributed by atoms with van der Waals surface area (Å²) >= 11 is 5.04. The van der Waals surface area contributed by atoms with Crippen molar-refractivity contribution >= 4 is 52.6 Å². The molecule has 10 heavy (non-hydrogen) atoms. The monoisotopic (exact) mass is 373 g/mol. The van der Waals surface area contributed by atoms with E-state index in [2.05, 4.69) is 74.8 Å². The van der Waals surface area contributed by atoms with Crippen LogP contribution < -0.4 is 5.19 Å². The highest BCUT2D eigenvalue weighted by Crippen LogP contribution is 2.07. The highest BCUT2D eigenvalue weighted by atomic mass is 127. The van der Waals surface area contributed by atoms with Crippen molar-refractivity contribution in [3.05, 3.63) is 29.8 Å². The number of aryl methyl sites for hydroxylation is 1. The van der Waals surface area contributed by atoms with Gasteiger partial charge in [0.1, 0.15) is 0 Å². The van der Waals surface area contributed by atoms with Gasteiger partial charge in [0.25, 0.3) is 0 Å². The third-order valence-corrected chi connectivity index (χ3v) is 5.80. The quantitative estimate of drug-likeness (QED) is 0.404. The molecule has 0 saturated carbocycles. The van der Waals surface area contributed by atoms with Crippen molar-refractivity contribution in [2.24, 2.45) is 0 Å². The van der Waals surface area contributed by atoms with E-state index in [1.165, 1.54) is 10.8 Å². The second kappa shape index (κ2) is 4.06. The predicted molar refractivity (Wildman–Crippen MR) is 64.6 cm³/mol. The first kappa shape index (κ1) is 8.99. The van der Waals surface area contributed by atoms with Gasteiger partial charge in [-0.15, -0.1) is 0 Å². The fourth-order valence-electron chi connectivity index (χ4n) is 0.785. The molecule has 0 N–H and O–H groups in total.